The van der Waals surface area contributed by atoms with Crippen molar-refractivity contribution in [3.63, 3.8) is 0 Å². The van der Waals surface area contributed by atoms with E-state index in [2.05, 4.69) is 4.74 Å². The second-order valence-electron chi connectivity index (χ2n) is 9.05. The van der Waals surface area contributed by atoms with Gasteiger partial charge in [0.1, 0.15) is 28.8 Å². The van der Waals surface area contributed by atoms with Gasteiger partial charge in [-0.25, -0.2) is 13.2 Å². The van der Waals surface area contributed by atoms with Crippen LogP contribution in [0, 0.1) is 36.2 Å². The van der Waals surface area contributed by atoms with E-state index in [1.54, 1.807) is 0 Å². The zero-order valence-corrected chi connectivity index (χ0v) is 17.6. The first-order chi connectivity index (χ1) is 14.7. The first kappa shape index (κ1) is 22.1. The molecule has 0 saturated heterocycles. The average molecular weight is 438 g/mol. The molecule has 2 aromatic rings. The highest BCUT2D eigenvalue weighted by molar-refractivity contribution is 5.33. The van der Waals surface area contributed by atoms with E-state index in [-0.39, 0.29) is 11.5 Å². The van der Waals surface area contributed by atoms with Crippen molar-refractivity contribution in [2.45, 2.75) is 70.3 Å². The smallest absolute Gasteiger partial charge is 0.429 e. The Bertz CT molecular complexity index is 904. The molecule has 2 fully saturated rings. The lowest BCUT2D eigenvalue weighted by Gasteiger charge is -2.32. The summed E-state index contributed by atoms with van der Waals surface area (Å²) < 4.78 is 76.6. The van der Waals surface area contributed by atoms with E-state index < -0.39 is 34.9 Å². The normalized spacial score (nSPS) is 22.6. The Morgan fingerprint density at radius 3 is 1.94 bits per heavy atom. The van der Waals surface area contributed by atoms with Gasteiger partial charge in [0.05, 0.1) is 0 Å². The van der Waals surface area contributed by atoms with Crippen LogP contribution in [0.2, 0.25) is 0 Å². The fourth-order valence-electron chi connectivity index (χ4n) is 5.30. The fourth-order valence-corrected chi connectivity index (χ4v) is 5.30. The van der Waals surface area contributed by atoms with Crippen LogP contribution < -0.4 is 4.74 Å². The van der Waals surface area contributed by atoms with Crippen molar-refractivity contribution in [3.05, 3.63) is 64.5 Å². The van der Waals surface area contributed by atoms with E-state index in [4.69, 9.17) is 0 Å². The number of hydrogen-bond acceptors (Lipinski definition) is 1. The lowest BCUT2D eigenvalue weighted by atomic mass is 9.73. The van der Waals surface area contributed by atoms with Crippen LogP contribution in [0.4, 0.5) is 22.0 Å². The third-order valence-electron chi connectivity index (χ3n) is 7.05. The van der Waals surface area contributed by atoms with Crippen LogP contribution in [0.3, 0.4) is 0 Å². The molecule has 31 heavy (non-hydrogen) atoms. The van der Waals surface area contributed by atoms with Crippen molar-refractivity contribution < 1.29 is 26.7 Å². The molecule has 0 amide bonds. The molecular formula is C25H27F5O. The van der Waals surface area contributed by atoms with Crippen molar-refractivity contribution in [2.75, 3.05) is 0 Å². The van der Waals surface area contributed by atoms with Crippen molar-refractivity contribution in [1.82, 2.24) is 0 Å². The Morgan fingerprint density at radius 2 is 1.35 bits per heavy atom. The summed E-state index contributed by atoms with van der Waals surface area (Å²) in [5.41, 5.74) is -0.780. The average Bonchev–Trinajstić information content (AvgIpc) is 3.25. The summed E-state index contributed by atoms with van der Waals surface area (Å²) in [6.07, 6.45) is 4.50. The van der Waals surface area contributed by atoms with E-state index in [1.807, 2.05) is 0 Å². The van der Waals surface area contributed by atoms with Crippen molar-refractivity contribution in [3.8, 4) is 5.75 Å². The van der Waals surface area contributed by atoms with Gasteiger partial charge in [-0.3, -0.25) is 0 Å². The van der Waals surface area contributed by atoms with Gasteiger partial charge in [-0.2, -0.15) is 8.78 Å². The maximum Gasteiger partial charge on any atom is 0.432 e. The van der Waals surface area contributed by atoms with E-state index in [0.29, 0.717) is 11.5 Å². The van der Waals surface area contributed by atoms with E-state index >= 15 is 0 Å². The first-order valence-electron chi connectivity index (χ1n) is 11.1. The fraction of sp³-hybridized carbons (Fsp3) is 0.520. The molecule has 0 aromatic heterocycles. The van der Waals surface area contributed by atoms with Gasteiger partial charge in [-0.05, 0) is 79.7 Å². The van der Waals surface area contributed by atoms with Gasteiger partial charge < -0.3 is 4.74 Å². The molecule has 0 aliphatic heterocycles. The molecule has 4 rings (SSSR count). The summed E-state index contributed by atoms with van der Waals surface area (Å²) in [4.78, 5) is 0. The summed E-state index contributed by atoms with van der Waals surface area (Å²) in [7, 11) is 0. The molecular weight excluding hydrogens is 411 g/mol. The van der Waals surface area contributed by atoms with Crippen LogP contribution in [-0.2, 0) is 6.11 Å². The highest BCUT2D eigenvalue weighted by Crippen LogP contribution is 2.44. The summed E-state index contributed by atoms with van der Waals surface area (Å²) in [5.74, 6) is -2.52. The van der Waals surface area contributed by atoms with E-state index in [1.165, 1.54) is 38.7 Å². The number of halogens is 5. The highest BCUT2D eigenvalue weighted by Gasteiger charge is 2.42. The van der Waals surface area contributed by atoms with Crippen LogP contribution in [-0.4, -0.2) is 0 Å². The highest BCUT2D eigenvalue weighted by atomic mass is 19.3. The van der Waals surface area contributed by atoms with Gasteiger partial charge >= 0.3 is 6.11 Å². The zero-order valence-electron chi connectivity index (χ0n) is 17.6. The lowest BCUT2D eigenvalue weighted by molar-refractivity contribution is -0.189. The minimum Gasteiger partial charge on any atom is -0.429 e. The van der Waals surface area contributed by atoms with Gasteiger partial charge in [-0.1, -0.05) is 31.7 Å². The minimum absolute atomic E-state index is 0.0311. The second kappa shape index (κ2) is 8.79. The second-order valence-corrected chi connectivity index (χ2v) is 9.05. The van der Waals surface area contributed by atoms with Crippen molar-refractivity contribution >= 4 is 0 Å². The minimum atomic E-state index is -4.27. The number of hydrogen-bond donors (Lipinski definition) is 0. The number of ether oxygens (including phenoxy) is 1. The predicted molar refractivity (Wildman–Crippen MR) is 109 cm³/mol. The molecule has 0 spiro atoms. The third-order valence-corrected chi connectivity index (χ3v) is 7.05. The molecule has 0 heterocycles. The number of benzene rings is 2. The number of alkyl halides is 2. The molecule has 1 nitrogen and oxygen atoms in total. The molecule has 168 valence electrons. The molecule has 0 bridgehead atoms. The van der Waals surface area contributed by atoms with Gasteiger partial charge in [0, 0.05) is 6.07 Å². The van der Waals surface area contributed by atoms with Crippen LogP contribution in [0.5, 0.6) is 5.75 Å². The van der Waals surface area contributed by atoms with Crippen LogP contribution in [0.15, 0.2) is 30.3 Å². The van der Waals surface area contributed by atoms with E-state index in [9.17, 15) is 22.0 Å². The molecule has 2 saturated carbocycles. The van der Waals surface area contributed by atoms with Crippen LogP contribution >= 0.6 is 0 Å². The Labute approximate surface area is 179 Å². The maximum atomic E-state index is 14.7. The number of rotatable bonds is 5. The van der Waals surface area contributed by atoms with Crippen LogP contribution in [0.1, 0.15) is 74.0 Å². The first-order valence-corrected chi connectivity index (χ1v) is 11.1. The Hall–Kier alpha value is -2.11. The third kappa shape index (κ3) is 4.73. The van der Waals surface area contributed by atoms with Gasteiger partial charge in [0.2, 0.25) is 0 Å². The molecule has 2 aromatic carbocycles. The maximum absolute atomic E-state index is 14.7. The molecule has 2 aliphatic carbocycles. The standard InChI is InChI=1S/C25H27F5O/c1-15-6-11-20(14-21(15)26)31-25(29,30)24-22(27)12-19(13-23(24)28)18-9-7-17(8-10-18)16-4-2-3-5-16/h6,11-14,16-18H,2-5,7-10H2,1H3. The summed E-state index contributed by atoms with van der Waals surface area (Å²) in [5, 5.41) is 0. The summed E-state index contributed by atoms with van der Waals surface area (Å²) >= 11 is 0. The SMILES string of the molecule is Cc1ccc(OC(F)(F)c2c(F)cc(C3CCC(C4CCCC4)CC3)cc2F)cc1F. The number of aryl methyl sites for hydroxylation is 1. The van der Waals surface area contributed by atoms with Crippen molar-refractivity contribution in [2.24, 2.45) is 11.8 Å². The molecule has 0 radical (unpaired) electrons. The van der Waals surface area contributed by atoms with Gasteiger partial charge in [0.15, 0.2) is 0 Å². The summed E-state index contributed by atoms with van der Waals surface area (Å²) in [6, 6.07) is 5.19. The molecule has 0 atom stereocenters. The van der Waals surface area contributed by atoms with Crippen molar-refractivity contribution in [1.29, 1.82) is 0 Å². The molecule has 6 heteroatoms. The Morgan fingerprint density at radius 1 is 0.774 bits per heavy atom. The summed E-state index contributed by atoms with van der Waals surface area (Å²) in [6.45, 7) is 1.47. The Kier molecular flexibility index (Phi) is 6.27. The zero-order chi connectivity index (χ0) is 22.2. The largest absolute Gasteiger partial charge is 0.432 e. The lowest BCUT2D eigenvalue weighted by Crippen LogP contribution is -2.26. The monoisotopic (exact) mass is 438 g/mol. The Balaban J connectivity index is 1.49. The van der Waals surface area contributed by atoms with Crippen LogP contribution in [0.25, 0.3) is 0 Å². The topological polar surface area (TPSA) is 9.23 Å². The predicted octanol–water partition coefficient (Wildman–Crippen LogP) is 8.00. The van der Waals surface area contributed by atoms with Gasteiger partial charge in [0.25, 0.3) is 0 Å². The van der Waals surface area contributed by atoms with E-state index in [0.717, 1.165) is 55.9 Å². The quantitative estimate of drug-likeness (QED) is 0.430. The molecule has 2 aliphatic rings. The van der Waals surface area contributed by atoms with Gasteiger partial charge in [-0.15, -0.1) is 0 Å². The molecule has 0 N–H and O–H groups in total. The molecule has 0 unspecified atom stereocenters.